The zero-order chi connectivity index (χ0) is 7.07. The molecule has 1 nitrogen and oxygen atoms in total. The van der Waals surface area contributed by atoms with E-state index in [0.717, 1.165) is 12.8 Å². The predicted octanol–water partition coefficient (Wildman–Crippen LogP) is 2.01. The Morgan fingerprint density at radius 1 is 1.56 bits per heavy atom. The van der Waals surface area contributed by atoms with Gasteiger partial charge in [-0.15, -0.1) is 0 Å². The molecule has 1 saturated carbocycles. The van der Waals surface area contributed by atoms with Crippen LogP contribution in [0.4, 0.5) is 0 Å². The molecule has 0 aromatic rings. The summed E-state index contributed by atoms with van der Waals surface area (Å²) in [5, 5.41) is 0. The predicted molar refractivity (Wildman–Crippen MR) is 37.2 cm³/mol. The first-order valence-electron chi connectivity index (χ1n) is 3.54. The van der Waals surface area contributed by atoms with E-state index in [9.17, 15) is 4.79 Å². The van der Waals surface area contributed by atoms with E-state index in [4.69, 9.17) is 0 Å². The summed E-state index contributed by atoms with van der Waals surface area (Å²) in [5.74, 6) is 0.764. The lowest BCUT2D eigenvalue weighted by Gasteiger charge is -2.13. The summed E-state index contributed by atoms with van der Waals surface area (Å²) in [6.45, 7) is 6.35. The number of rotatable bonds is 0. The van der Waals surface area contributed by atoms with Crippen LogP contribution in [-0.4, -0.2) is 5.78 Å². The van der Waals surface area contributed by atoms with Gasteiger partial charge in [-0.2, -0.15) is 0 Å². The van der Waals surface area contributed by atoms with Crippen LogP contribution in [-0.2, 0) is 4.79 Å². The molecule has 1 aliphatic rings. The smallest absolute Gasteiger partial charge is 0.136 e. The van der Waals surface area contributed by atoms with Gasteiger partial charge in [0.15, 0.2) is 0 Å². The van der Waals surface area contributed by atoms with Crippen LogP contribution in [0, 0.1) is 11.3 Å². The van der Waals surface area contributed by atoms with Gasteiger partial charge in [-0.25, -0.2) is 0 Å². The molecular weight excluding hydrogens is 112 g/mol. The summed E-state index contributed by atoms with van der Waals surface area (Å²) >= 11 is 0. The van der Waals surface area contributed by atoms with Crippen molar-refractivity contribution in [1.29, 1.82) is 0 Å². The molecule has 0 aromatic carbocycles. The summed E-state index contributed by atoms with van der Waals surface area (Å²) < 4.78 is 0. The first-order valence-corrected chi connectivity index (χ1v) is 3.54. The molecule has 9 heavy (non-hydrogen) atoms. The van der Waals surface area contributed by atoms with Crippen LogP contribution in [0.1, 0.15) is 33.6 Å². The van der Waals surface area contributed by atoms with E-state index in [-0.39, 0.29) is 5.41 Å². The summed E-state index contributed by atoms with van der Waals surface area (Å²) in [6, 6.07) is 0. The van der Waals surface area contributed by atoms with Crippen molar-refractivity contribution in [2.24, 2.45) is 11.3 Å². The summed E-state index contributed by atoms with van der Waals surface area (Å²) in [4.78, 5) is 11.0. The highest BCUT2D eigenvalue weighted by atomic mass is 16.1. The van der Waals surface area contributed by atoms with Crippen LogP contribution in [0.15, 0.2) is 0 Å². The Morgan fingerprint density at radius 3 is 2.22 bits per heavy atom. The molecule has 1 fully saturated rings. The van der Waals surface area contributed by atoms with E-state index in [1.807, 2.05) is 6.92 Å². The fourth-order valence-electron chi connectivity index (χ4n) is 1.66. The van der Waals surface area contributed by atoms with E-state index in [2.05, 4.69) is 13.8 Å². The average molecular weight is 126 g/mol. The molecule has 52 valence electrons. The highest BCUT2D eigenvalue weighted by Gasteiger charge is 2.34. The molecule has 0 spiro atoms. The third-order valence-corrected chi connectivity index (χ3v) is 2.06. The zero-order valence-corrected chi connectivity index (χ0v) is 6.40. The van der Waals surface area contributed by atoms with Crippen molar-refractivity contribution in [3.63, 3.8) is 0 Å². The molecule has 1 heteroatoms. The van der Waals surface area contributed by atoms with Crippen molar-refractivity contribution < 1.29 is 4.79 Å². The zero-order valence-electron chi connectivity index (χ0n) is 6.40. The van der Waals surface area contributed by atoms with Gasteiger partial charge < -0.3 is 0 Å². The van der Waals surface area contributed by atoms with Crippen LogP contribution >= 0.6 is 0 Å². The molecule has 1 aliphatic carbocycles. The molecular formula is C8H14O. The summed E-state index contributed by atoms with van der Waals surface area (Å²) in [6.07, 6.45) is 1.86. The number of carbonyl (C=O) groups is 1. The van der Waals surface area contributed by atoms with Gasteiger partial charge in [0.1, 0.15) is 5.78 Å². The van der Waals surface area contributed by atoms with Gasteiger partial charge in [-0.1, -0.05) is 20.8 Å². The Labute approximate surface area is 56.4 Å². The van der Waals surface area contributed by atoms with Crippen LogP contribution < -0.4 is 0 Å². The van der Waals surface area contributed by atoms with Gasteiger partial charge in [0, 0.05) is 12.3 Å². The van der Waals surface area contributed by atoms with E-state index in [0.29, 0.717) is 11.7 Å². The van der Waals surface area contributed by atoms with Crippen LogP contribution in [0.3, 0.4) is 0 Å². The SMILES string of the molecule is C[C@@H]1CC(C)(C)CC1=O. The van der Waals surface area contributed by atoms with Crippen LogP contribution in [0.5, 0.6) is 0 Å². The summed E-state index contributed by atoms with van der Waals surface area (Å²) in [5.41, 5.74) is 0.288. The Balaban J connectivity index is 2.65. The third kappa shape index (κ3) is 1.32. The number of hydrogen-bond acceptors (Lipinski definition) is 1. The third-order valence-electron chi connectivity index (χ3n) is 2.06. The lowest BCUT2D eigenvalue weighted by atomic mass is 9.91. The lowest BCUT2D eigenvalue weighted by molar-refractivity contribution is -0.120. The fraction of sp³-hybridized carbons (Fsp3) is 0.875. The van der Waals surface area contributed by atoms with Gasteiger partial charge in [0.2, 0.25) is 0 Å². The maximum Gasteiger partial charge on any atom is 0.136 e. The normalized spacial score (nSPS) is 33.2. The summed E-state index contributed by atoms with van der Waals surface area (Å²) in [7, 11) is 0. The number of carbonyl (C=O) groups excluding carboxylic acids is 1. The maximum atomic E-state index is 11.0. The second-order valence-electron chi connectivity index (χ2n) is 3.91. The van der Waals surface area contributed by atoms with Crippen molar-refractivity contribution in [2.75, 3.05) is 0 Å². The standard InChI is InChI=1S/C8H14O/c1-6-4-8(2,3)5-7(6)9/h6H,4-5H2,1-3H3/t6-/m1/s1. The molecule has 0 amide bonds. The Kier molecular flexibility index (Phi) is 1.38. The van der Waals surface area contributed by atoms with E-state index < -0.39 is 0 Å². The quantitative estimate of drug-likeness (QED) is 0.485. The van der Waals surface area contributed by atoms with Crippen LogP contribution in [0.25, 0.3) is 0 Å². The van der Waals surface area contributed by atoms with Crippen molar-refractivity contribution in [3.8, 4) is 0 Å². The number of ketones is 1. The fourth-order valence-corrected chi connectivity index (χ4v) is 1.66. The van der Waals surface area contributed by atoms with Gasteiger partial charge in [-0.05, 0) is 11.8 Å². The molecule has 0 saturated heterocycles. The molecule has 0 N–H and O–H groups in total. The largest absolute Gasteiger partial charge is 0.299 e. The minimum absolute atomic E-state index is 0.288. The highest BCUT2D eigenvalue weighted by Crippen LogP contribution is 2.37. The van der Waals surface area contributed by atoms with E-state index in [1.54, 1.807) is 0 Å². The molecule has 0 bridgehead atoms. The Bertz CT molecular complexity index is 136. The molecule has 0 aliphatic heterocycles. The number of hydrogen-bond donors (Lipinski definition) is 0. The minimum Gasteiger partial charge on any atom is -0.299 e. The van der Waals surface area contributed by atoms with Gasteiger partial charge in [0.05, 0.1) is 0 Å². The minimum atomic E-state index is 0.288. The average Bonchev–Trinajstić information content (AvgIpc) is 1.79. The van der Waals surface area contributed by atoms with E-state index >= 15 is 0 Å². The van der Waals surface area contributed by atoms with E-state index in [1.165, 1.54) is 0 Å². The second kappa shape index (κ2) is 1.83. The number of Topliss-reactive ketones (excluding diaryl/α,β-unsaturated/α-hetero) is 1. The van der Waals surface area contributed by atoms with Crippen molar-refractivity contribution in [3.05, 3.63) is 0 Å². The van der Waals surface area contributed by atoms with Crippen molar-refractivity contribution in [1.82, 2.24) is 0 Å². The lowest BCUT2D eigenvalue weighted by Crippen LogP contribution is -2.04. The second-order valence-corrected chi connectivity index (χ2v) is 3.91. The first-order chi connectivity index (χ1) is 4.01. The van der Waals surface area contributed by atoms with Crippen LogP contribution in [0.2, 0.25) is 0 Å². The molecule has 0 aromatic heterocycles. The first kappa shape index (κ1) is 6.79. The molecule has 0 heterocycles. The van der Waals surface area contributed by atoms with Crippen molar-refractivity contribution in [2.45, 2.75) is 33.6 Å². The molecule has 1 rings (SSSR count). The Hall–Kier alpha value is -0.330. The molecule has 0 unspecified atom stereocenters. The van der Waals surface area contributed by atoms with Gasteiger partial charge in [0.25, 0.3) is 0 Å². The van der Waals surface area contributed by atoms with Gasteiger partial charge >= 0.3 is 0 Å². The highest BCUT2D eigenvalue weighted by molar-refractivity contribution is 5.83. The topological polar surface area (TPSA) is 17.1 Å². The monoisotopic (exact) mass is 126 g/mol. The molecule has 0 radical (unpaired) electrons. The molecule has 1 atom stereocenters. The maximum absolute atomic E-state index is 11.0. The van der Waals surface area contributed by atoms with Gasteiger partial charge in [-0.3, -0.25) is 4.79 Å². The van der Waals surface area contributed by atoms with Crippen molar-refractivity contribution >= 4 is 5.78 Å². The Morgan fingerprint density at radius 2 is 2.11 bits per heavy atom.